The van der Waals surface area contributed by atoms with Crippen LogP contribution in [0.25, 0.3) is 0 Å². The molecule has 1 aromatic heterocycles. The first-order chi connectivity index (χ1) is 14.6. The van der Waals surface area contributed by atoms with E-state index in [1.807, 2.05) is 14.1 Å². The highest BCUT2D eigenvalue weighted by atomic mass is 16.5. The molecule has 7 nitrogen and oxygen atoms in total. The van der Waals surface area contributed by atoms with E-state index in [2.05, 4.69) is 14.9 Å². The Balaban J connectivity index is 1.42. The minimum atomic E-state index is 0.0441. The first-order valence-electron chi connectivity index (χ1n) is 12.0. The number of carbonyl (C=O) groups is 1. The van der Waals surface area contributed by atoms with Crippen molar-refractivity contribution in [1.29, 1.82) is 0 Å². The van der Waals surface area contributed by atoms with Gasteiger partial charge in [0, 0.05) is 64.1 Å². The van der Waals surface area contributed by atoms with Crippen molar-refractivity contribution >= 4 is 5.91 Å². The average Bonchev–Trinajstić information content (AvgIpc) is 3.12. The first kappa shape index (κ1) is 21.8. The number of aromatic nitrogens is 2. The summed E-state index contributed by atoms with van der Waals surface area (Å²) in [5.74, 6) is 0.761. The van der Waals surface area contributed by atoms with Crippen LogP contribution >= 0.6 is 0 Å². The molecule has 3 aliphatic rings. The molecule has 1 amide bonds. The van der Waals surface area contributed by atoms with Gasteiger partial charge in [-0.05, 0) is 38.0 Å². The van der Waals surface area contributed by atoms with E-state index in [1.54, 1.807) is 4.90 Å². The number of fused-ring (bicyclic) bond motifs is 1. The molecule has 1 atom stereocenters. The third-order valence-corrected chi connectivity index (χ3v) is 7.08. The minimum Gasteiger partial charge on any atom is -0.379 e. The van der Waals surface area contributed by atoms with E-state index in [9.17, 15) is 4.79 Å². The Labute approximate surface area is 181 Å². The molecule has 2 heterocycles. The summed E-state index contributed by atoms with van der Waals surface area (Å²) in [7, 11) is 3.66. The smallest absolute Gasteiger partial charge is 0.274 e. The number of nitrogens with one attached hydrogen (secondary N) is 1. The molecule has 30 heavy (non-hydrogen) atoms. The molecule has 2 fully saturated rings. The van der Waals surface area contributed by atoms with E-state index in [1.165, 1.54) is 43.4 Å². The molecule has 1 aromatic rings. The van der Waals surface area contributed by atoms with Gasteiger partial charge in [-0.3, -0.25) is 14.4 Å². The SMILES string of the molecule is CN(C)C(=O)c1nn(CC2CCCCC2)c2c1CC(NCCN1CCOCC1)CC2. The lowest BCUT2D eigenvalue weighted by atomic mass is 9.88. The summed E-state index contributed by atoms with van der Waals surface area (Å²) in [6.45, 7) is 6.81. The topological polar surface area (TPSA) is 62.6 Å². The second-order valence-electron chi connectivity index (χ2n) is 9.51. The summed E-state index contributed by atoms with van der Waals surface area (Å²) in [4.78, 5) is 17.0. The maximum atomic E-state index is 12.9. The lowest BCUT2D eigenvalue weighted by Crippen LogP contribution is -2.43. The van der Waals surface area contributed by atoms with Crippen LogP contribution in [0.1, 0.15) is 60.3 Å². The summed E-state index contributed by atoms with van der Waals surface area (Å²) in [6, 6.07) is 0.430. The summed E-state index contributed by atoms with van der Waals surface area (Å²) in [5.41, 5.74) is 3.20. The van der Waals surface area contributed by atoms with Gasteiger partial charge in [-0.15, -0.1) is 0 Å². The maximum Gasteiger partial charge on any atom is 0.274 e. The molecule has 0 spiro atoms. The normalized spacial score (nSPS) is 23.3. The monoisotopic (exact) mass is 417 g/mol. The Morgan fingerprint density at radius 2 is 1.93 bits per heavy atom. The molecule has 1 saturated heterocycles. The van der Waals surface area contributed by atoms with E-state index in [0.29, 0.717) is 11.7 Å². The summed E-state index contributed by atoms with van der Waals surface area (Å²) in [5, 5.41) is 8.62. The Hall–Kier alpha value is -1.44. The first-order valence-corrected chi connectivity index (χ1v) is 12.0. The third kappa shape index (κ3) is 5.24. The van der Waals surface area contributed by atoms with E-state index < -0.39 is 0 Å². The largest absolute Gasteiger partial charge is 0.379 e. The van der Waals surface area contributed by atoms with Crippen molar-refractivity contribution in [2.24, 2.45) is 5.92 Å². The molecule has 1 unspecified atom stereocenters. The van der Waals surface area contributed by atoms with E-state index >= 15 is 0 Å². The standard InChI is InChI=1S/C23H39N5O2/c1-26(2)23(29)22-20-16-19(24-10-11-27-12-14-30-15-13-27)8-9-21(20)28(25-22)17-18-6-4-3-5-7-18/h18-19,24H,3-17H2,1-2H3. The molecule has 2 aliphatic carbocycles. The number of nitrogens with zero attached hydrogens (tertiary/aromatic N) is 4. The van der Waals surface area contributed by atoms with E-state index in [4.69, 9.17) is 9.84 Å². The predicted octanol–water partition coefficient (Wildman–Crippen LogP) is 1.94. The van der Waals surface area contributed by atoms with Crippen LogP contribution in [0.5, 0.6) is 0 Å². The number of hydrogen-bond donors (Lipinski definition) is 1. The number of ether oxygens (including phenoxy) is 1. The van der Waals surface area contributed by atoms with Crippen molar-refractivity contribution in [2.45, 2.75) is 64.0 Å². The molecule has 0 radical (unpaired) electrons. The number of morpholine rings is 1. The van der Waals surface area contributed by atoms with Crippen LogP contribution in [-0.2, 0) is 24.1 Å². The quantitative estimate of drug-likeness (QED) is 0.735. The molecule has 1 aliphatic heterocycles. The molecule has 1 saturated carbocycles. The Bertz CT molecular complexity index is 705. The second kappa shape index (κ2) is 10.2. The zero-order valence-electron chi connectivity index (χ0n) is 18.9. The van der Waals surface area contributed by atoms with Crippen molar-refractivity contribution in [1.82, 2.24) is 24.9 Å². The zero-order chi connectivity index (χ0) is 20.9. The average molecular weight is 418 g/mol. The van der Waals surface area contributed by atoms with Crippen LogP contribution in [0, 0.1) is 5.92 Å². The molecular formula is C23H39N5O2. The number of carbonyl (C=O) groups excluding carboxylic acids is 1. The number of rotatable bonds is 7. The molecule has 7 heteroatoms. The van der Waals surface area contributed by atoms with Gasteiger partial charge in [-0.1, -0.05) is 19.3 Å². The van der Waals surface area contributed by atoms with Crippen LogP contribution in [0.4, 0.5) is 0 Å². The summed E-state index contributed by atoms with van der Waals surface area (Å²) in [6.07, 6.45) is 9.72. The Morgan fingerprint density at radius 1 is 1.17 bits per heavy atom. The van der Waals surface area contributed by atoms with Gasteiger partial charge in [0.2, 0.25) is 0 Å². The lowest BCUT2D eigenvalue weighted by Gasteiger charge is -2.29. The van der Waals surface area contributed by atoms with Crippen molar-refractivity contribution in [2.75, 3.05) is 53.5 Å². The van der Waals surface area contributed by atoms with Gasteiger partial charge in [0.15, 0.2) is 5.69 Å². The van der Waals surface area contributed by atoms with Crippen LogP contribution < -0.4 is 5.32 Å². The molecule has 168 valence electrons. The van der Waals surface area contributed by atoms with Gasteiger partial charge in [-0.2, -0.15) is 5.10 Å². The fourth-order valence-corrected chi connectivity index (χ4v) is 5.26. The summed E-state index contributed by atoms with van der Waals surface area (Å²) < 4.78 is 7.64. The fourth-order valence-electron chi connectivity index (χ4n) is 5.26. The lowest BCUT2D eigenvalue weighted by molar-refractivity contribution is 0.0381. The predicted molar refractivity (Wildman–Crippen MR) is 118 cm³/mol. The van der Waals surface area contributed by atoms with Crippen molar-refractivity contribution in [3.63, 3.8) is 0 Å². The summed E-state index contributed by atoms with van der Waals surface area (Å²) >= 11 is 0. The highest BCUT2D eigenvalue weighted by molar-refractivity contribution is 5.93. The van der Waals surface area contributed by atoms with Gasteiger partial charge in [0.1, 0.15) is 0 Å². The molecular weight excluding hydrogens is 378 g/mol. The molecule has 0 aromatic carbocycles. The van der Waals surface area contributed by atoms with Crippen molar-refractivity contribution in [3.8, 4) is 0 Å². The number of hydrogen-bond acceptors (Lipinski definition) is 5. The highest BCUT2D eigenvalue weighted by Crippen LogP contribution is 2.29. The van der Waals surface area contributed by atoms with Gasteiger partial charge in [-0.25, -0.2) is 0 Å². The molecule has 0 bridgehead atoms. The van der Waals surface area contributed by atoms with E-state index in [-0.39, 0.29) is 5.91 Å². The van der Waals surface area contributed by atoms with Crippen molar-refractivity contribution < 1.29 is 9.53 Å². The zero-order valence-corrected chi connectivity index (χ0v) is 18.9. The Kier molecular flexibility index (Phi) is 7.44. The van der Waals surface area contributed by atoms with Crippen LogP contribution in [0.3, 0.4) is 0 Å². The van der Waals surface area contributed by atoms with Crippen LogP contribution in [-0.4, -0.2) is 85.0 Å². The Morgan fingerprint density at radius 3 is 2.67 bits per heavy atom. The van der Waals surface area contributed by atoms with Crippen LogP contribution in [0.2, 0.25) is 0 Å². The van der Waals surface area contributed by atoms with Crippen molar-refractivity contribution in [3.05, 3.63) is 17.0 Å². The number of amides is 1. The van der Waals surface area contributed by atoms with Gasteiger partial charge in [0.05, 0.1) is 13.2 Å². The maximum absolute atomic E-state index is 12.9. The highest BCUT2D eigenvalue weighted by Gasteiger charge is 2.30. The van der Waals surface area contributed by atoms with E-state index in [0.717, 1.165) is 71.1 Å². The van der Waals surface area contributed by atoms with Gasteiger partial charge in [0.25, 0.3) is 5.91 Å². The van der Waals surface area contributed by atoms with Gasteiger partial charge < -0.3 is 15.0 Å². The third-order valence-electron chi connectivity index (χ3n) is 7.08. The molecule has 1 N–H and O–H groups in total. The van der Waals surface area contributed by atoms with Gasteiger partial charge >= 0.3 is 0 Å². The molecule has 4 rings (SSSR count). The minimum absolute atomic E-state index is 0.0441. The fraction of sp³-hybridized carbons (Fsp3) is 0.826. The second-order valence-corrected chi connectivity index (χ2v) is 9.51. The van der Waals surface area contributed by atoms with Crippen LogP contribution in [0.15, 0.2) is 0 Å².